The molecule has 1 aromatic heterocycles. The number of halogens is 1. The van der Waals surface area contributed by atoms with E-state index >= 15 is 0 Å². The van der Waals surface area contributed by atoms with Gasteiger partial charge in [-0.1, -0.05) is 0 Å². The molecular weight excluding hydrogens is 247 g/mol. The van der Waals surface area contributed by atoms with Crippen LogP contribution in [0.2, 0.25) is 0 Å². The number of hydrogen-bond acceptors (Lipinski definition) is 3. The van der Waals surface area contributed by atoms with Gasteiger partial charge in [0.1, 0.15) is 0 Å². The molecule has 0 atom stereocenters. The van der Waals surface area contributed by atoms with Gasteiger partial charge in [0.15, 0.2) is 11.5 Å². The van der Waals surface area contributed by atoms with E-state index in [2.05, 4.69) is 4.98 Å². The Balaban J connectivity index is 0. The molecule has 0 radical (unpaired) electrons. The Kier molecular flexibility index (Phi) is 7.59. The van der Waals surface area contributed by atoms with Gasteiger partial charge in [0, 0.05) is 6.92 Å². The Hall–Kier alpha value is -1.40. The fourth-order valence-corrected chi connectivity index (χ4v) is 0.363. The van der Waals surface area contributed by atoms with Gasteiger partial charge in [-0.25, -0.2) is 4.39 Å². The molecule has 14 heavy (non-hydrogen) atoms. The summed E-state index contributed by atoms with van der Waals surface area (Å²) in [6, 6.07) is 0. The van der Waals surface area contributed by atoms with Crippen LogP contribution in [0.15, 0.2) is 15.8 Å². The fraction of sp³-hybridized carbons (Fsp3) is 0.167. The molecule has 1 heterocycles. The first-order valence-electron chi connectivity index (χ1n) is 3.05. The van der Waals surface area contributed by atoms with E-state index in [0.29, 0.717) is 6.20 Å². The number of hydrogen-bond donors (Lipinski definition) is 2. The molecule has 0 bridgehead atoms. The zero-order valence-electron chi connectivity index (χ0n) is 6.88. The van der Waals surface area contributed by atoms with Crippen LogP contribution in [0.4, 0.5) is 4.39 Å². The summed E-state index contributed by atoms with van der Waals surface area (Å²) in [5, 5.41) is 7.42. The van der Waals surface area contributed by atoms with Gasteiger partial charge in [0.25, 0.3) is 5.97 Å². The molecule has 8 heteroatoms. The van der Waals surface area contributed by atoms with E-state index in [1.54, 1.807) is 4.98 Å². The zero-order valence-corrected chi connectivity index (χ0v) is 7.82. The van der Waals surface area contributed by atoms with Crippen molar-refractivity contribution in [2.24, 2.45) is 0 Å². The minimum Gasteiger partial charge on any atom is -0.481 e. The molecule has 0 aliphatic rings. The molecule has 6 nitrogen and oxygen atoms in total. The summed E-state index contributed by atoms with van der Waals surface area (Å²) >= 11 is 0. The van der Waals surface area contributed by atoms with Gasteiger partial charge < -0.3 is 15.1 Å². The van der Waals surface area contributed by atoms with Crippen LogP contribution in [0, 0.1) is 5.82 Å². The van der Waals surface area contributed by atoms with Gasteiger partial charge in [-0.05, 0) is 6.20 Å². The summed E-state index contributed by atoms with van der Waals surface area (Å²) < 4.78 is 12.0. The number of H-pyrrole nitrogens is 1. The number of nitrogens with one attached hydrogen (secondary N) is 1. The molecule has 2 N–H and O–H groups in total. The normalized spacial score (nSPS) is 7.86. The smallest absolute Gasteiger partial charge is 0.481 e. The molecule has 0 amide bonds. The van der Waals surface area contributed by atoms with Crippen LogP contribution in [0.3, 0.4) is 0 Å². The van der Waals surface area contributed by atoms with E-state index in [4.69, 9.17) is 9.90 Å². The number of aromatic nitrogens is 2. The number of carboxylic acids is 1. The molecule has 82 valence electrons. The molecular formula is C6H6CuFN2O4. The molecule has 0 spiro atoms. The maximum Gasteiger partial charge on any atom is 1.00 e. The van der Waals surface area contributed by atoms with Gasteiger partial charge in [-0.2, -0.15) is 0 Å². The van der Waals surface area contributed by atoms with Crippen molar-refractivity contribution in [1.82, 2.24) is 9.97 Å². The van der Waals surface area contributed by atoms with Crippen LogP contribution < -0.4 is 16.2 Å². The molecule has 0 saturated heterocycles. The average Bonchev–Trinajstić information content (AvgIpc) is 1.96. The van der Waals surface area contributed by atoms with Crippen molar-refractivity contribution in [3.05, 3.63) is 32.9 Å². The first-order chi connectivity index (χ1) is 5.93. The first-order valence-corrected chi connectivity index (χ1v) is 3.05. The second kappa shape index (κ2) is 7.05. The van der Waals surface area contributed by atoms with Gasteiger partial charge in [-0.3, -0.25) is 14.4 Å². The second-order valence-corrected chi connectivity index (χ2v) is 1.88. The predicted molar refractivity (Wildman–Crippen MR) is 39.9 cm³/mol. The van der Waals surface area contributed by atoms with Crippen molar-refractivity contribution in [2.75, 3.05) is 0 Å². The summed E-state index contributed by atoms with van der Waals surface area (Å²) in [4.78, 5) is 33.9. The fourth-order valence-electron chi connectivity index (χ4n) is 0.363. The van der Waals surface area contributed by atoms with E-state index < -0.39 is 23.0 Å². The van der Waals surface area contributed by atoms with Crippen molar-refractivity contribution in [3.63, 3.8) is 0 Å². The zero-order chi connectivity index (χ0) is 10.4. The van der Waals surface area contributed by atoms with E-state index in [0.717, 1.165) is 6.92 Å². The van der Waals surface area contributed by atoms with E-state index in [1.807, 2.05) is 0 Å². The number of aromatic amines is 1. The number of rotatable bonds is 0. The molecule has 0 saturated carbocycles. The average molecular weight is 253 g/mol. The Bertz CT molecular complexity index is 395. The van der Waals surface area contributed by atoms with Gasteiger partial charge >= 0.3 is 17.1 Å². The molecule has 1 aromatic rings. The van der Waals surface area contributed by atoms with Crippen molar-refractivity contribution >= 4 is 5.97 Å². The molecule has 1 rings (SSSR count). The standard InChI is InChI=1S/C4H3FN2O2.C2H4O2.Cu/c5-2-1-6-4(9)7-3(2)8;1-2(3)4;/h1H,(H2,6,7,8,9);1H3,(H,3,4);/q;;+1/p-1. The van der Waals surface area contributed by atoms with Crippen LogP contribution in [0.1, 0.15) is 6.92 Å². The number of carboxylic acid groups (broad SMARTS) is 1. The second-order valence-electron chi connectivity index (χ2n) is 1.88. The SMILES string of the molecule is CC(=O)O.O=c1[n-]cc(F)c(=O)[nH]1.[Cu+]. The van der Waals surface area contributed by atoms with Crippen LogP contribution in [0.25, 0.3) is 0 Å². The van der Waals surface area contributed by atoms with Crippen LogP contribution in [-0.2, 0) is 21.9 Å². The summed E-state index contributed by atoms with van der Waals surface area (Å²) in [5.41, 5.74) is -1.86. The summed E-state index contributed by atoms with van der Waals surface area (Å²) in [5.74, 6) is -1.88. The van der Waals surface area contributed by atoms with Crippen molar-refractivity contribution in [3.8, 4) is 0 Å². The Morgan fingerprint density at radius 1 is 1.57 bits per heavy atom. The molecule has 0 aliphatic carbocycles. The third kappa shape index (κ3) is 7.26. The Morgan fingerprint density at radius 3 is 2.29 bits per heavy atom. The maximum atomic E-state index is 12.0. The topological polar surface area (TPSA) is 101 Å². The first kappa shape index (κ1) is 15.1. The van der Waals surface area contributed by atoms with Gasteiger partial charge in [0.2, 0.25) is 5.56 Å². The van der Waals surface area contributed by atoms with Crippen LogP contribution >= 0.6 is 0 Å². The van der Waals surface area contributed by atoms with E-state index in [-0.39, 0.29) is 17.1 Å². The molecule has 0 fully saturated rings. The monoisotopic (exact) mass is 252 g/mol. The minimum absolute atomic E-state index is 0. The molecule has 0 aromatic carbocycles. The van der Waals surface area contributed by atoms with E-state index in [1.165, 1.54) is 0 Å². The van der Waals surface area contributed by atoms with Gasteiger partial charge in [-0.15, -0.1) is 0 Å². The molecule has 0 unspecified atom stereocenters. The summed E-state index contributed by atoms with van der Waals surface area (Å²) in [6.07, 6.45) is 0.584. The largest absolute Gasteiger partial charge is 1.00 e. The molecule has 0 aliphatic heterocycles. The number of aliphatic carboxylic acids is 1. The van der Waals surface area contributed by atoms with Crippen molar-refractivity contribution < 1.29 is 31.4 Å². The quantitative estimate of drug-likeness (QED) is 0.572. The van der Waals surface area contributed by atoms with Crippen molar-refractivity contribution in [2.45, 2.75) is 6.92 Å². The Morgan fingerprint density at radius 2 is 2.00 bits per heavy atom. The minimum atomic E-state index is -1.05. The third-order valence-corrected chi connectivity index (χ3v) is 0.733. The number of carbonyl (C=O) groups is 1. The van der Waals surface area contributed by atoms with Crippen LogP contribution in [-0.4, -0.2) is 16.1 Å². The third-order valence-electron chi connectivity index (χ3n) is 0.733. The summed E-state index contributed by atoms with van der Waals surface area (Å²) in [6.45, 7) is 1.08. The number of nitrogens with zero attached hydrogens (tertiary/aromatic N) is 1. The maximum absolute atomic E-state index is 12.0. The van der Waals surface area contributed by atoms with Gasteiger partial charge in [0.05, 0.1) is 0 Å². The predicted octanol–water partition coefficient (Wildman–Crippen LogP) is -1.08. The van der Waals surface area contributed by atoms with Crippen LogP contribution in [0.5, 0.6) is 0 Å². The van der Waals surface area contributed by atoms with E-state index in [9.17, 15) is 14.0 Å². The Labute approximate surface area is 87.6 Å². The summed E-state index contributed by atoms with van der Waals surface area (Å²) in [7, 11) is 0. The van der Waals surface area contributed by atoms with Crippen molar-refractivity contribution in [1.29, 1.82) is 0 Å².